The lowest BCUT2D eigenvalue weighted by Gasteiger charge is -2.27. The molecule has 2 aromatic rings. The fourth-order valence-electron chi connectivity index (χ4n) is 3.35. The van der Waals surface area contributed by atoms with Gasteiger partial charge in [-0.1, -0.05) is 6.07 Å². The molecular formula is C21H19F2N3O2. The van der Waals surface area contributed by atoms with Crippen LogP contribution in [0.5, 0.6) is 0 Å². The number of rotatable bonds is 4. The van der Waals surface area contributed by atoms with Gasteiger partial charge in [0.15, 0.2) is 11.6 Å². The van der Waals surface area contributed by atoms with Gasteiger partial charge in [-0.3, -0.25) is 9.59 Å². The number of carbonyl (C=O) groups excluding carboxylic acids is 2. The average molecular weight is 383 g/mol. The number of anilines is 2. The van der Waals surface area contributed by atoms with Crippen LogP contribution in [-0.2, 0) is 9.59 Å². The van der Waals surface area contributed by atoms with Crippen LogP contribution in [0.15, 0.2) is 42.5 Å². The smallest absolute Gasteiger partial charge is 0.227 e. The minimum atomic E-state index is -1.02. The first kappa shape index (κ1) is 19.5. The van der Waals surface area contributed by atoms with Crippen molar-refractivity contribution in [2.75, 3.05) is 10.6 Å². The van der Waals surface area contributed by atoms with E-state index in [9.17, 15) is 18.4 Å². The van der Waals surface area contributed by atoms with E-state index >= 15 is 0 Å². The van der Waals surface area contributed by atoms with Gasteiger partial charge in [0.25, 0.3) is 0 Å². The number of hydrogen-bond donors (Lipinski definition) is 2. The van der Waals surface area contributed by atoms with E-state index in [1.54, 1.807) is 24.3 Å². The van der Waals surface area contributed by atoms with Gasteiger partial charge in [-0.25, -0.2) is 8.78 Å². The molecule has 1 fully saturated rings. The quantitative estimate of drug-likeness (QED) is 0.829. The first-order valence-electron chi connectivity index (χ1n) is 9.03. The first-order valence-corrected chi connectivity index (χ1v) is 9.03. The number of benzene rings is 2. The molecule has 28 heavy (non-hydrogen) atoms. The third kappa shape index (κ3) is 4.71. The summed E-state index contributed by atoms with van der Waals surface area (Å²) < 4.78 is 26.2. The van der Waals surface area contributed by atoms with E-state index in [0.29, 0.717) is 36.9 Å². The van der Waals surface area contributed by atoms with Crippen molar-refractivity contribution in [2.24, 2.45) is 11.8 Å². The molecule has 1 aliphatic carbocycles. The van der Waals surface area contributed by atoms with Crippen molar-refractivity contribution >= 4 is 23.2 Å². The van der Waals surface area contributed by atoms with Crippen LogP contribution in [0.3, 0.4) is 0 Å². The number of carbonyl (C=O) groups is 2. The van der Waals surface area contributed by atoms with E-state index in [0.717, 1.165) is 12.1 Å². The summed E-state index contributed by atoms with van der Waals surface area (Å²) in [6.45, 7) is 0. The van der Waals surface area contributed by atoms with E-state index < -0.39 is 11.6 Å². The van der Waals surface area contributed by atoms with Gasteiger partial charge in [-0.05, 0) is 56.0 Å². The van der Waals surface area contributed by atoms with Crippen molar-refractivity contribution in [3.63, 3.8) is 0 Å². The maximum atomic E-state index is 13.3. The van der Waals surface area contributed by atoms with Gasteiger partial charge in [0.1, 0.15) is 0 Å². The summed E-state index contributed by atoms with van der Waals surface area (Å²) in [6.07, 6.45) is 2.18. The fourth-order valence-corrected chi connectivity index (χ4v) is 3.35. The monoisotopic (exact) mass is 383 g/mol. The Bertz CT molecular complexity index is 931. The zero-order chi connectivity index (χ0) is 20.1. The SMILES string of the molecule is N#Cc1cccc(NC(=O)C2CCC(C(=O)Nc3ccc(F)c(F)c3)CC2)c1. The molecule has 0 heterocycles. The minimum absolute atomic E-state index is 0.130. The number of nitrogens with one attached hydrogen (secondary N) is 2. The molecule has 5 nitrogen and oxygen atoms in total. The molecule has 0 spiro atoms. The molecule has 3 rings (SSSR count). The zero-order valence-corrected chi connectivity index (χ0v) is 15.0. The summed E-state index contributed by atoms with van der Waals surface area (Å²) in [6, 6.07) is 11.9. The van der Waals surface area contributed by atoms with Crippen LogP contribution >= 0.6 is 0 Å². The van der Waals surface area contributed by atoms with Crippen LogP contribution < -0.4 is 10.6 Å². The maximum Gasteiger partial charge on any atom is 0.227 e. The van der Waals surface area contributed by atoms with E-state index in [-0.39, 0.29) is 29.3 Å². The topological polar surface area (TPSA) is 82.0 Å². The number of amides is 2. The average Bonchev–Trinajstić information content (AvgIpc) is 2.71. The zero-order valence-electron chi connectivity index (χ0n) is 15.0. The first-order chi connectivity index (χ1) is 13.5. The van der Waals surface area contributed by atoms with Crippen molar-refractivity contribution in [1.29, 1.82) is 5.26 Å². The van der Waals surface area contributed by atoms with Crippen molar-refractivity contribution in [1.82, 2.24) is 0 Å². The Balaban J connectivity index is 1.51. The molecule has 7 heteroatoms. The molecule has 144 valence electrons. The van der Waals surface area contributed by atoms with E-state index in [4.69, 9.17) is 5.26 Å². The summed E-state index contributed by atoms with van der Waals surface area (Å²) in [7, 11) is 0. The highest BCUT2D eigenvalue weighted by atomic mass is 19.2. The largest absolute Gasteiger partial charge is 0.326 e. The highest BCUT2D eigenvalue weighted by molar-refractivity contribution is 5.94. The Labute approximate surface area is 161 Å². The molecule has 0 atom stereocenters. The van der Waals surface area contributed by atoms with Gasteiger partial charge < -0.3 is 10.6 Å². The molecule has 0 aromatic heterocycles. The molecule has 0 unspecified atom stereocenters. The van der Waals surface area contributed by atoms with E-state index in [1.807, 2.05) is 6.07 Å². The minimum Gasteiger partial charge on any atom is -0.326 e. The Hall–Kier alpha value is -3.27. The Morgan fingerprint density at radius 1 is 0.857 bits per heavy atom. The highest BCUT2D eigenvalue weighted by Crippen LogP contribution is 2.31. The summed E-state index contributed by atoms with van der Waals surface area (Å²) in [5, 5.41) is 14.3. The lowest BCUT2D eigenvalue weighted by Crippen LogP contribution is -2.32. The number of nitrogens with zero attached hydrogens (tertiary/aromatic N) is 1. The summed E-state index contributed by atoms with van der Waals surface area (Å²) in [4.78, 5) is 24.8. The molecule has 2 aromatic carbocycles. The van der Waals surface area contributed by atoms with Crippen LogP contribution in [0.4, 0.5) is 20.2 Å². The highest BCUT2D eigenvalue weighted by Gasteiger charge is 2.30. The van der Waals surface area contributed by atoms with Gasteiger partial charge >= 0.3 is 0 Å². The fraction of sp³-hybridized carbons (Fsp3) is 0.286. The van der Waals surface area contributed by atoms with Crippen molar-refractivity contribution < 1.29 is 18.4 Å². The summed E-state index contributed by atoms with van der Waals surface area (Å²) >= 11 is 0. The molecular weight excluding hydrogens is 364 g/mol. The number of halogens is 2. The van der Waals surface area contributed by atoms with Gasteiger partial charge in [0, 0.05) is 29.3 Å². The molecule has 1 saturated carbocycles. The molecule has 2 amide bonds. The normalized spacial score (nSPS) is 18.8. The van der Waals surface area contributed by atoms with E-state index in [2.05, 4.69) is 10.6 Å². The predicted molar refractivity (Wildman–Crippen MR) is 100 cm³/mol. The molecule has 2 N–H and O–H groups in total. The second-order valence-electron chi connectivity index (χ2n) is 6.85. The van der Waals surface area contributed by atoms with Crippen LogP contribution in [0.25, 0.3) is 0 Å². The van der Waals surface area contributed by atoms with Crippen LogP contribution in [-0.4, -0.2) is 11.8 Å². The van der Waals surface area contributed by atoms with Crippen molar-refractivity contribution in [2.45, 2.75) is 25.7 Å². The molecule has 1 aliphatic rings. The van der Waals surface area contributed by atoms with Crippen LogP contribution in [0, 0.1) is 34.8 Å². The van der Waals surface area contributed by atoms with E-state index in [1.165, 1.54) is 6.07 Å². The van der Waals surface area contributed by atoms with Gasteiger partial charge in [0.05, 0.1) is 11.6 Å². The lowest BCUT2D eigenvalue weighted by atomic mass is 9.81. The van der Waals surface area contributed by atoms with Crippen molar-refractivity contribution in [3.8, 4) is 6.07 Å². The molecule has 0 aliphatic heterocycles. The second-order valence-corrected chi connectivity index (χ2v) is 6.85. The predicted octanol–water partition coefficient (Wildman–Crippen LogP) is 4.22. The Morgan fingerprint density at radius 3 is 1.96 bits per heavy atom. The third-order valence-electron chi connectivity index (χ3n) is 4.92. The third-order valence-corrected chi connectivity index (χ3v) is 4.92. The number of hydrogen-bond acceptors (Lipinski definition) is 3. The summed E-state index contributed by atoms with van der Waals surface area (Å²) in [5.41, 5.74) is 1.25. The van der Waals surface area contributed by atoms with Gasteiger partial charge in [-0.15, -0.1) is 0 Å². The van der Waals surface area contributed by atoms with Gasteiger partial charge in [0.2, 0.25) is 11.8 Å². The van der Waals surface area contributed by atoms with Crippen LogP contribution in [0.2, 0.25) is 0 Å². The summed E-state index contributed by atoms with van der Waals surface area (Å²) in [5.74, 6) is -2.86. The Morgan fingerprint density at radius 2 is 1.43 bits per heavy atom. The van der Waals surface area contributed by atoms with Crippen molar-refractivity contribution in [3.05, 3.63) is 59.7 Å². The molecule has 0 bridgehead atoms. The maximum absolute atomic E-state index is 13.3. The number of nitriles is 1. The van der Waals surface area contributed by atoms with Crippen LogP contribution in [0.1, 0.15) is 31.2 Å². The molecule has 0 saturated heterocycles. The molecule has 0 radical (unpaired) electrons. The standard InChI is InChI=1S/C21H19F2N3O2/c22-18-9-8-17(11-19(18)23)26-21(28)15-6-4-14(5-7-15)20(27)25-16-3-1-2-13(10-16)12-24/h1-3,8-11,14-15H,4-7H2,(H,25,27)(H,26,28). The second kappa shape index (κ2) is 8.61. The lowest BCUT2D eigenvalue weighted by molar-refractivity contribution is -0.125. The Kier molecular flexibility index (Phi) is 5.99. The van der Waals surface area contributed by atoms with Gasteiger partial charge in [-0.2, -0.15) is 5.26 Å².